The first-order valence-corrected chi connectivity index (χ1v) is 15.3. The fraction of sp³-hybridized carbons (Fsp3) is 0.632. The molecule has 23 heteroatoms. The number of allylic oxidation sites excluding steroid dienone is 1. The minimum Gasteiger partial charge on any atom is -0.394 e. The lowest BCUT2D eigenvalue weighted by Crippen LogP contribution is -2.64. The number of ether oxygens (including phenoxy) is 2. The van der Waals surface area contributed by atoms with Gasteiger partial charge in [0.05, 0.1) is 13.2 Å². The van der Waals surface area contributed by atoms with Crippen LogP contribution in [0.15, 0.2) is 34.0 Å². The maximum absolute atomic E-state index is 12.6. The molecular formula is C19H28ClN3O17P2. The minimum atomic E-state index is -5.69. The molecule has 42 heavy (non-hydrogen) atoms. The van der Waals surface area contributed by atoms with Crippen molar-refractivity contribution in [3.05, 3.63) is 45.3 Å². The van der Waals surface area contributed by atoms with Crippen molar-refractivity contribution in [2.75, 3.05) is 19.1 Å². The lowest BCUT2D eigenvalue weighted by atomic mass is 9.97. The van der Waals surface area contributed by atoms with E-state index in [2.05, 4.69) is 14.2 Å². The van der Waals surface area contributed by atoms with Crippen LogP contribution in [0.1, 0.15) is 6.23 Å². The molecule has 0 spiro atoms. The summed E-state index contributed by atoms with van der Waals surface area (Å²) in [6.07, 6.45) is -11.2. The van der Waals surface area contributed by atoms with Crippen molar-refractivity contribution in [2.24, 2.45) is 0 Å². The number of hydrogen-bond donors (Lipinski definition) is 9. The molecule has 1 aromatic rings. The summed E-state index contributed by atoms with van der Waals surface area (Å²) in [6, 6.07) is -0.858. The number of nitrogens with zero attached hydrogens (tertiary/aromatic N) is 1. The molecule has 20 nitrogen and oxygen atoms in total. The molecule has 2 aliphatic heterocycles. The van der Waals surface area contributed by atoms with Gasteiger partial charge in [0.25, 0.3) is 5.56 Å². The van der Waals surface area contributed by atoms with Gasteiger partial charge in [-0.25, -0.2) is 13.9 Å². The van der Waals surface area contributed by atoms with E-state index in [1.807, 2.05) is 4.98 Å². The topological polar surface area (TPSA) is 306 Å². The molecule has 11 atom stereocenters. The second-order valence-corrected chi connectivity index (χ2v) is 12.1. The van der Waals surface area contributed by atoms with Gasteiger partial charge in [-0.1, -0.05) is 6.08 Å². The first-order valence-electron chi connectivity index (χ1n) is 11.8. The first-order chi connectivity index (χ1) is 19.6. The molecule has 2 aliphatic rings. The molecule has 3 heterocycles. The Hall–Kier alpha value is -1.84. The van der Waals surface area contributed by atoms with Crippen molar-refractivity contribution in [3.63, 3.8) is 0 Å². The van der Waals surface area contributed by atoms with E-state index in [-0.39, 0.29) is 5.88 Å². The zero-order valence-corrected chi connectivity index (χ0v) is 23.6. The zero-order valence-electron chi connectivity index (χ0n) is 21.1. The Kier molecular flexibility index (Phi) is 11.8. The van der Waals surface area contributed by atoms with Crippen molar-refractivity contribution >= 4 is 33.2 Å². The molecule has 2 fully saturated rings. The Bertz CT molecular complexity index is 1340. The number of aliphatic hydroxyl groups is 5. The summed E-state index contributed by atoms with van der Waals surface area (Å²) in [4.78, 5) is 57.3. The molecule has 0 radical (unpaired) electrons. The molecule has 1 amide bonds. The van der Waals surface area contributed by atoms with Gasteiger partial charge in [0.1, 0.15) is 42.7 Å². The summed E-state index contributed by atoms with van der Waals surface area (Å²) in [7, 11) is -11.2. The van der Waals surface area contributed by atoms with Gasteiger partial charge in [0.2, 0.25) is 5.91 Å². The molecule has 2 unspecified atom stereocenters. The molecule has 2 saturated heterocycles. The van der Waals surface area contributed by atoms with Crippen molar-refractivity contribution < 1.29 is 72.1 Å². The van der Waals surface area contributed by atoms with Crippen molar-refractivity contribution in [3.8, 4) is 0 Å². The number of rotatable bonds is 12. The smallest absolute Gasteiger partial charge is 0.394 e. The number of carbonyl (C=O) groups is 1. The van der Waals surface area contributed by atoms with Crippen LogP contribution in [0.3, 0.4) is 0 Å². The van der Waals surface area contributed by atoms with E-state index in [1.165, 1.54) is 6.08 Å². The number of phosphoric ester groups is 2. The first kappa shape index (κ1) is 34.6. The van der Waals surface area contributed by atoms with Gasteiger partial charge in [-0.3, -0.25) is 28.2 Å². The van der Waals surface area contributed by atoms with Crippen molar-refractivity contribution in [2.45, 2.75) is 55.2 Å². The number of H-pyrrole nitrogens is 1. The second-order valence-electron chi connectivity index (χ2n) is 8.78. The van der Waals surface area contributed by atoms with Crippen LogP contribution in [-0.4, -0.2) is 119 Å². The normalized spacial score (nSPS) is 34.6. The van der Waals surface area contributed by atoms with Gasteiger partial charge >= 0.3 is 21.3 Å². The van der Waals surface area contributed by atoms with Crippen LogP contribution in [0.4, 0.5) is 0 Å². The van der Waals surface area contributed by atoms with E-state index in [0.717, 1.165) is 22.9 Å². The minimum absolute atomic E-state index is 0.0774. The summed E-state index contributed by atoms with van der Waals surface area (Å²) in [6.45, 7) is -1.98. The highest BCUT2D eigenvalue weighted by atomic mass is 35.5. The van der Waals surface area contributed by atoms with Crippen LogP contribution in [0.2, 0.25) is 0 Å². The van der Waals surface area contributed by atoms with Crippen LogP contribution in [0.5, 0.6) is 0 Å². The molecule has 1 aromatic heterocycles. The third-order valence-electron chi connectivity index (χ3n) is 5.86. The Balaban J connectivity index is 1.67. The number of nitrogens with one attached hydrogen (secondary N) is 2. The maximum Gasteiger partial charge on any atom is 0.483 e. The van der Waals surface area contributed by atoms with Crippen molar-refractivity contribution in [1.29, 1.82) is 0 Å². The van der Waals surface area contributed by atoms with Gasteiger partial charge in [0.15, 0.2) is 12.5 Å². The zero-order chi connectivity index (χ0) is 31.4. The predicted molar refractivity (Wildman–Crippen MR) is 135 cm³/mol. The number of phosphoric acid groups is 2. The fourth-order valence-corrected chi connectivity index (χ4v) is 6.14. The molecule has 3 rings (SSSR count). The molecular weight excluding hydrogens is 640 g/mol. The van der Waals surface area contributed by atoms with E-state index >= 15 is 0 Å². The summed E-state index contributed by atoms with van der Waals surface area (Å²) >= 11 is 5.44. The number of aromatic nitrogens is 2. The highest BCUT2D eigenvalue weighted by Gasteiger charge is 2.50. The molecule has 238 valence electrons. The maximum atomic E-state index is 12.6. The molecule has 0 bridgehead atoms. The van der Waals surface area contributed by atoms with Crippen molar-refractivity contribution in [1.82, 2.24) is 14.9 Å². The van der Waals surface area contributed by atoms with Gasteiger partial charge < -0.3 is 50.1 Å². The number of halogens is 1. The van der Waals surface area contributed by atoms with Gasteiger partial charge in [-0.15, -0.1) is 11.6 Å². The molecule has 0 aliphatic carbocycles. The summed E-state index contributed by atoms with van der Waals surface area (Å²) < 4.78 is 49.6. The third kappa shape index (κ3) is 8.63. The largest absolute Gasteiger partial charge is 0.483 e. The van der Waals surface area contributed by atoms with E-state index in [1.54, 1.807) is 0 Å². The number of hydrogen-bond acceptors (Lipinski definition) is 15. The van der Waals surface area contributed by atoms with Gasteiger partial charge in [0, 0.05) is 24.2 Å². The monoisotopic (exact) mass is 667 g/mol. The summed E-state index contributed by atoms with van der Waals surface area (Å²) in [5, 5.41) is 52.4. The number of carbonyl (C=O) groups excluding carboxylic acids is 1. The molecule has 0 saturated carbocycles. The lowest BCUT2D eigenvalue weighted by molar-refractivity contribution is -0.247. The fourth-order valence-electron chi connectivity index (χ4n) is 3.89. The Labute approximate surface area is 239 Å². The quantitative estimate of drug-likeness (QED) is 0.0585. The molecule has 9 N–H and O–H groups in total. The number of alkyl halides is 1. The Morgan fingerprint density at radius 1 is 1.07 bits per heavy atom. The van der Waals surface area contributed by atoms with Gasteiger partial charge in [-0.05, 0) is 0 Å². The van der Waals surface area contributed by atoms with Crippen LogP contribution >= 0.6 is 27.2 Å². The molecule has 0 aromatic carbocycles. The second kappa shape index (κ2) is 14.3. The van der Waals surface area contributed by atoms with Crippen LogP contribution in [0.25, 0.3) is 0 Å². The van der Waals surface area contributed by atoms with Crippen LogP contribution in [0, 0.1) is 0 Å². The number of aromatic amines is 1. The average molecular weight is 668 g/mol. The SMILES string of the molecule is O=C(/C=C/CCl)N[C@H]1[C@@H](OP(=O)(O)OP(=O)(O)OC[C@H]2O[C@@H](n3ccc(=O)[nH]c3=O)[C@H](O)[C@@H]2O)O[C@H](CO)[C@@H](O)[C@@H]1O. The van der Waals surface area contributed by atoms with E-state index < -0.39 is 101 Å². The number of aliphatic hydroxyl groups excluding tert-OH is 5. The van der Waals surface area contributed by atoms with E-state index in [9.17, 15) is 58.8 Å². The highest BCUT2D eigenvalue weighted by Crippen LogP contribution is 2.61. The number of amides is 1. The van der Waals surface area contributed by atoms with E-state index in [0.29, 0.717) is 0 Å². The average Bonchev–Trinajstić information content (AvgIpc) is 3.18. The third-order valence-corrected chi connectivity index (χ3v) is 8.63. The summed E-state index contributed by atoms with van der Waals surface area (Å²) in [5.74, 6) is -0.998. The van der Waals surface area contributed by atoms with Crippen LogP contribution in [-0.2, 0) is 36.8 Å². The van der Waals surface area contributed by atoms with E-state index in [4.69, 9.17) is 25.6 Å². The predicted octanol–water partition coefficient (Wildman–Crippen LogP) is -3.87. The Morgan fingerprint density at radius 3 is 2.36 bits per heavy atom. The van der Waals surface area contributed by atoms with Gasteiger partial charge in [-0.2, -0.15) is 4.31 Å². The lowest BCUT2D eigenvalue weighted by Gasteiger charge is -2.42. The van der Waals surface area contributed by atoms with Crippen LogP contribution < -0.4 is 16.6 Å². The standard InChI is InChI=1S/C19H28ClN3O17P2/c20-4-1-2-10(25)21-12-15(29)13(27)8(6-24)38-18(12)39-42(34,35)40-41(32,33)36-7-9-14(28)16(30)17(37-9)23-5-3-11(26)22-19(23)31/h1-3,5,8-9,12-18,24,27-30H,4,6-7H2,(H,21,25)(H,32,33)(H,34,35)(H,22,26,31)/b2-1+/t8-,9-,12-,13-,14-,15-,16-,17-,18-/m1/s1. The Morgan fingerprint density at radius 2 is 1.74 bits per heavy atom. The summed E-state index contributed by atoms with van der Waals surface area (Å²) in [5.41, 5.74) is -1.77. The highest BCUT2D eigenvalue weighted by molar-refractivity contribution is 7.61.